The van der Waals surface area contributed by atoms with Crippen molar-refractivity contribution in [1.29, 1.82) is 0 Å². The van der Waals surface area contributed by atoms with Crippen LogP contribution in [0.2, 0.25) is 5.02 Å². The van der Waals surface area contributed by atoms with Gasteiger partial charge < -0.3 is 24.6 Å². The molecule has 26 heavy (non-hydrogen) atoms. The summed E-state index contributed by atoms with van der Waals surface area (Å²) in [5, 5.41) is 20.5. The van der Waals surface area contributed by atoms with Crippen LogP contribution in [0, 0.1) is 0 Å². The van der Waals surface area contributed by atoms with Crippen molar-refractivity contribution in [2.24, 2.45) is 0 Å². The minimum Gasteiger partial charge on any atom is -0.504 e. The third-order valence-corrected chi connectivity index (χ3v) is 4.71. The Morgan fingerprint density at radius 1 is 1.12 bits per heavy atom. The van der Waals surface area contributed by atoms with Gasteiger partial charge in [-0.1, -0.05) is 17.7 Å². The van der Waals surface area contributed by atoms with Gasteiger partial charge in [0.25, 0.3) is 0 Å². The van der Waals surface area contributed by atoms with Crippen molar-refractivity contribution < 1.29 is 19.7 Å². The zero-order chi connectivity index (χ0) is 18.5. The molecule has 0 aliphatic carbocycles. The van der Waals surface area contributed by atoms with Gasteiger partial charge in [0.1, 0.15) is 18.5 Å². The Morgan fingerprint density at radius 3 is 2.62 bits per heavy atom. The standard InChI is InChI=1S/C20H24ClNO4/c1-25-20-10-14(4-5-19(20)24)15-8-16(21)11-18(9-15)26-13-17(23)12-22-6-2-3-7-22/h4-5,8-11,17,23-24H,2-3,6-7,12-13H2,1H3. The Morgan fingerprint density at radius 2 is 1.88 bits per heavy atom. The normalized spacial score (nSPS) is 15.8. The van der Waals surface area contributed by atoms with Gasteiger partial charge in [-0.3, -0.25) is 0 Å². The lowest BCUT2D eigenvalue weighted by Gasteiger charge is -2.19. The smallest absolute Gasteiger partial charge is 0.161 e. The number of phenols is 1. The summed E-state index contributed by atoms with van der Waals surface area (Å²) >= 11 is 6.23. The fourth-order valence-corrected chi connectivity index (χ4v) is 3.40. The van der Waals surface area contributed by atoms with E-state index in [1.807, 2.05) is 12.1 Å². The monoisotopic (exact) mass is 377 g/mol. The van der Waals surface area contributed by atoms with E-state index in [-0.39, 0.29) is 12.4 Å². The zero-order valence-electron chi connectivity index (χ0n) is 14.8. The van der Waals surface area contributed by atoms with Crippen molar-refractivity contribution in [2.75, 3.05) is 33.4 Å². The number of phenolic OH excluding ortho intramolecular Hbond substituents is 1. The third-order valence-electron chi connectivity index (χ3n) is 4.49. The number of ether oxygens (including phenoxy) is 2. The minimum atomic E-state index is -0.538. The number of aliphatic hydroxyl groups is 1. The highest BCUT2D eigenvalue weighted by molar-refractivity contribution is 6.31. The molecule has 1 atom stereocenters. The first kappa shape index (κ1) is 18.8. The topological polar surface area (TPSA) is 62.2 Å². The van der Waals surface area contributed by atoms with Gasteiger partial charge in [-0.15, -0.1) is 0 Å². The first-order valence-electron chi connectivity index (χ1n) is 8.76. The molecule has 5 nitrogen and oxygen atoms in total. The molecule has 3 rings (SSSR count). The number of halogens is 1. The molecule has 6 heteroatoms. The highest BCUT2D eigenvalue weighted by Gasteiger charge is 2.16. The maximum Gasteiger partial charge on any atom is 0.161 e. The average molecular weight is 378 g/mol. The second-order valence-electron chi connectivity index (χ2n) is 6.53. The third kappa shape index (κ3) is 4.81. The molecule has 0 aromatic heterocycles. The number of aliphatic hydroxyl groups excluding tert-OH is 1. The van der Waals surface area contributed by atoms with Gasteiger partial charge in [-0.2, -0.15) is 0 Å². The first-order chi connectivity index (χ1) is 12.5. The van der Waals surface area contributed by atoms with Gasteiger partial charge in [0.2, 0.25) is 0 Å². The number of aromatic hydroxyl groups is 1. The number of benzene rings is 2. The quantitative estimate of drug-likeness (QED) is 0.772. The van der Waals surface area contributed by atoms with E-state index in [1.165, 1.54) is 20.0 Å². The predicted octanol–water partition coefficient (Wildman–Crippen LogP) is 3.56. The summed E-state index contributed by atoms with van der Waals surface area (Å²) in [6.45, 7) is 2.93. The van der Waals surface area contributed by atoms with Gasteiger partial charge >= 0.3 is 0 Å². The van der Waals surface area contributed by atoms with E-state index >= 15 is 0 Å². The van der Waals surface area contributed by atoms with E-state index in [2.05, 4.69) is 4.90 Å². The molecule has 0 saturated carbocycles. The molecule has 2 aromatic carbocycles. The molecule has 0 radical (unpaired) electrons. The first-order valence-corrected chi connectivity index (χ1v) is 9.14. The molecule has 2 N–H and O–H groups in total. The summed E-state index contributed by atoms with van der Waals surface area (Å²) in [6.07, 6.45) is 1.85. The van der Waals surface area contributed by atoms with Crippen molar-refractivity contribution >= 4 is 11.6 Å². The Hall–Kier alpha value is -1.95. The molecule has 1 saturated heterocycles. The summed E-state index contributed by atoms with van der Waals surface area (Å²) in [5.41, 5.74) is 1.70. The summed E-state index contributed by atoms with van der Waals surface area (Å²) < 4.78 is 10.9. The molecular weight excluding hydrogens is 354 g/mol. The molecule has 140 valence electrons. The molecule has 1 unspecified atom stereocenters. The van der Waals surface area contributed by atoms with Crippen LogP contribution in [0.15, 0.2) is 36.4 Å². The Kier molecular flexibility index (Phi) is 6.25. The highest BCUT2D eigenvalue weighted by Crippen LogP contribution is 2.34. The van der Waals surface area contributed by atoms with E-state index in [4.69, 9.17) is 21.1 Å². The van der Waals surface area contributed by atoms with Crippen molar-refractivity contribution in [3.63, 3.8) is 0 Å². The molecule has 0 bridgehead atoms. The lowest BCUT2D eigenvalue weighted by Crippen LogP contribution is -2.33. The van der Waals surface area contributed by atoms with Crippen LogP contribution >= 0.6 is 11.6 Å². The number of hydrogen-bond acceptors (Lipinski definition) is 5. The van der Waals surface area contributed by atoms with Crippen molar-refractivity contribution in [1.82, 2.24) is 4.90 Å². The van der Waals surface area contributed by atoms with Gasteiger partial charge in [0, 0.05) is 11.6 Å². The van der Waals surface area contributed by atoms with Crippen LogP contribution < -0.4 is 9.47 Å². The molecule has 1 heterocycles. The van der Waals surface area contributed by atoms with Crippen LogP contribution in [-0.4, -0.2) is 54.6 Å². The maximum absolute atomic E-state index is 10.2. The molecule has 1 fully saturated rings. The molecular formula is C20H24ClNO4. The second-order valence-corrected chi connectivity index (χ2v) is 6.97. The number of hydrogen-bond donors (Lipinski definition) is 2. The maximum atomic E-state index is 10.2. The molecule has 0 amide bonds. The predicted molar refractivity (Wildman–Crippen MR) is 102 cm³/mol. The van der Waals surface area contributed by atoms with Crippen LogP contribution in [0.5, 0.6) is 17.2 Å². The van der Waals surface area contributed by atoms with Crippen molar-refractivity contribution in [3.8, 4) is 28.4 Å². The van der Waals surface area contributed by atoms with E-state index in [1.54, 1.807) is 24.3 Å². The second kappa shape index (κ2) is 8.62. The summed E-state index contributed by atoms with van der Waals surface area (Å²) in [7, 11) is 1.51. The van der Waals surface area contributed by atoms with Crippen LogP contribution in [0.25, 0.3) is 11.1 Å². The number of rotatable bonds is 7. The number of methoxy groups -OCH3 is 1. The van der Waals surface area contributed by atoms with Gasteiger partial charge in [0.15, 0.2) is 11.5 Å². The summed E-state index contributed by atoms with van der Waals surface area (Å²) in [4.78, 5) is 2.25. The van der Waals surface area contributed by atoms with Gasteiger partial charge in [-0.05, 0) is 67.4 Å². The van der Waals surface area contributed by atoms with Crippen LogP contribution in [-0.2, 0) is 0 Å². The summed E-state index contributed by atoms with van der Waals surface area (Å²) in [6, 6.07) is 10.5. The lowest BCUT2D eigenvalue weighted by molar-refractivity contribution is 0.0758. The SMILES string of the molecule is COc1cc(-c2cc(Cl)cc(OCC(O)CN3CCCC3)c2)ccc1O. The fraction of sp³-hybridized carbons (Fsp3) is 0.400. The Balaban J connectivity index is 1.69. The lowest BCUT2D eigenvalue weighted by atomic mass is 10.0. The van der Waals surface area contributed by atoms with Gasteiger partial charge in [-0.25, -0.2) is 0 Å². The number of likely N-dealkylation sites (tertiary alicyclic amines) is 1. The van der Waals surface area contributed by atoms with E-state index < -0.39 is 6.10 Å². The molecule has 0 spiro atoms. The van der Waals surface area contributed by atoms with Crippen LogP contribution in [0.4, 0.5) is 0 Å². The van der Waals surface area contributed by atoms with Gasteiger partial charge in [0.05, 0.1) is 7.11 Å². The number of nitrogens with zero attached hydrogens (tertiary/aromatic N) is 1. The van der Waals surface area contributed by atoms with E-state index in [0.717, 1.165) is 24.2 Å². The molecule has 2 aromatic rings. The zero-order valence-corrected chi connectivity index (χ0v) is 15.6. The van der Waals surface area contributed by atoms with Crippen molar-refractivity contribution in [2.45, 2.75) is 18.9 Å². The minimum absolute atomic E-state index is 0.0831. The fourth-order valence-electron chi connectivity index (χ4n) is 3.18. The Bertz CT molecular complexity index is 747. The van der Waals surface area contributed by atoms with Crippen LogP contribution in [0.1, 0.15) is 12.8 Å². The largest absolute Gasteiger partial charge is 0.504 e. The Labute approximate surface area is 158 Å². The van der Waals surface area contributed by atoms with Crippen LogP contribution in [0.3, 0.4) is 0 Å². The van der Waals surface area contributed by atoms with E-state index in [0.29, 0.717) is 23.1 Å². The number of β-amino-alcohol motifs (C(OH)–C–C–N with tert-alkyl or cyclic N) is 1. The highest BCUT2D eigenvalue weighted by atomic mass is 35.5. The van der Waals surface area contributed by atoms with Crippen molar-refractivity contribution in [3.05, 3.63) is 41.4 Å². The average Bonchev–Trinajstić information content (AvgIpc) is 3.13. The van der Waals surface area contributed by atoms with E-state index in [9.17, 15) is 10.2 Å². The summed E-state index contributed by atoms with van der Waals surface area (Å²) in [5.74, 6) is 1.07. The molecule has 1 aliphatic heterocycles. The molecule has 1 aliphatic rings.